The number of oxime groups is 1. The van der Waals surface area contributed by atoms with Gasteiger partial charge in [-0.2, -0.15) is 0 Å². The zero-order chi connectivity index (χ0) is 13.1. The molecule has 0 radical (unpaired) electrons. The third-order valence-electron chi connectivity index (χ3n) is 3.23. The van der Waals surface area contributed by atoms with Crippen LogP contribution in [0.1, 0.15) is 18.4 Å². The fraction of sp³-hybridized carbons (Fsp3) is 0.417. The van der Waals surface area contributed by atoms with Crippen molar-refractivity contribution in [2.75, 3.05) is 6.54 Å². The van der Waals surface area contributed by atoms with Gasteiger partial charge >= 0.3 is 0 Å². The average Bonchev–Trinajstić information content (AvgIpc) is 2.82. The van der Waals surface area contributed by atoms with E-state index in [1.807, 2.05) is 4.90 Å². The Labute approximate surface area is 110 Å². The van der Waals surface area contributed by atoms with Crippen LogP contribution in [0.4, 0.5) is 4.39 Å². The van der Waals surface area contributed by atoms with Crippen LogP contribution in [0.15, 0.2) is 23.4 Å². The van der Waals surface area contributed by atoms with Gasteiger partial charge in [-0.1, -0.05) is 28.9 Å². The summed E-state index contributed by atoms with van der Waals surface area (Å²) < 4.78 is 13.8. The standard InChI is InChI=1S/C12H15ClFN3O/c13-9-4-1-3-8(11(9)14)7-17-6-2-5-10(17)12(15)16-18/h1,3-4,10,18H,2,5-7H2,(H2,15,16). The second-order valence-corrected chi connectivity index (χ2v) is 4.77. The largest absolute Gasteiger partial charge is 0.409 e. The van der Waals surface area contributed by atoms with Crippen molar-refractivity contribution in [3.05, 3.63) is 34.6 Å². The Hall–Kier alpha value is -1.33. The summed E-state index contributed by atoms with van der Waals surface area (Å²) in [5.74, 6) is -0.223. The van der Waals surface area contributed by atoms with Crippen molar-refractivity contribution in [2.45, 2.75) is 25.4 Å². The van der Waals surface area contributed by atoms with Gasteiger partial charge in [-0.05, 0) is 25.5 Å². The van der Waals surface area contributed by atoms with Crippen molar-refractivity contribution in [3.63, 3.8) is 0 Å². The first-order valence-corrected chi connectivity index (χ1v) is 6.15. The highest BCUT2D eigenvalue weighted by Crippen LogP contribution is 2.24. The normalized spacial score (nSPS) is 21.4. The SMILES string of the molecule is N/C(=N/O)C1CCCN1Cc1cccc(Cl)c1F. The summed E-state index contributed by atoms with van der Waals surface area (Å²) in [6.45, 7) is 1.21. The van der Waals surface area contributed by atoms with E-state index in [1.54, 1.807) is 12.1 Å². The first kappa shape index (κ1) is 13.1. The van der Waals surface area contributed by atoms with Crippen LogP contribution < -0.4 is 5.73 Å². The molecule has 1 aromatic carbocycles. The molecule has 0 bridgehead atoms. The molecule has 98 valence electrons. The van der Waals surface area contributed by atoms with Crippen LogP contribution in [-0.2, 0) is 6.54 Å². The second kappa shape index (κ2) is 5.54. The maximum Gasteiger partial charge on any atom is 0.156 e. The molecular weight excluding hydrogens is 257 g/mol. The molecule has 6 heteroatoms. The lowest BCUT2D eigenvalue weighted by atomic mass is 10.1. The number of likely N-dealkylation sites (tertiary alicyclic amines) is 1. The molecule has 0 spiro atoms. The van der Waals surface area contributed by atoms with Crippen LogP contribution in [0.2, 0.25) is 5.02 Å². The fourth-order valence-electron chi connectivity index (χ4n) is 2.31. The first-order valence-electron chi connectivity index (χ1n) is 5.78. The highest BCUT2D eigenvalue weighted by atomic mass is 35.5. The van der Waals surface area contributed by atoms with Gasteiger partial charge in [0.15, 0.2) is 5.84 Å². The van der Waals surface area contributed by atoms with Gasteiger partial charge in [0.25, 0.3) is 0 Å². The van der Waals surface area contributed by atoms with Crippen molar-refractivity contribution in [2.24, 2.45) is 10.9 Å². The van der Waals surface area contributed by atoms with Crippen LogP contribution in [0.25, 0.3) is 0 Å². The van der Waals surface area contributed by atoms with Crippen molar-refractivity contribution in [1.29, 1.82) is 0 Å². The van der Waals surface area contributed by atoms with E-state index < -0.39 is 5.82 Å². The average molecular weight is 272 g/mol. The lowest BCUT2D eigenvalue weighted by Gasteiger charge is -2.23. The summed E-state index contributed by atoms with van der Waals surface area (Å²) in [5, 5.41) is 11.9. The minimum Gasteiger partial charge on any atom is -0.409 e. The van der Waals surface area contributed by atoms with Gasteiger partial charge in [-0.25, -0.2) is 4.39 Å². The molecule has 0 aliphatic carbocycles. The summed E-state index contributed by atoms with van der Waals surface area (Å²) in [5.41, 5.74) is 6.16. The van der Waals surface area contributed by atoms with Crippen LogP contribution in [0.3, 0.4) is 0 Å². The molecule has 1 unspecified atom stereocenters. The third kappa shape index (κ3) is 2.57. The number of amidine groups is 1. The molecule has 1 aromatic rings. The fourth-order valence-corrected chi connectivity index (χ4v) is 2.50. The first-order chi connectivity index (χ1) is 8.63. The minimum atomic E-state index is -0.399. The van der Waals surface area contributed by atoms with Gasteiger partial charge in [0.05, 0.1) is 11.1 Å². The zero-order valence-corrected chi connectivity index (χ0v) is 10.6. The van der Waals surface area contributed by atoms with Crippen LogP contribution in [0.5, 0.6) is 0 Å². The molecule has 1 heterocycles. The van der Waals surface area contributed by atoms with E-state index in [-0.39, 0.29) is 16.9 Å². The summed E-state index contributed by atoms with van der Waals surface area (Å²) in [6, 6.07) is 4.80. The Morgan fingerprint density at radius 3 is 3.11 bits per heavy atom. The maximum absolute atomic E-state index is 13.8. The number of hydrogen-bond donors (Lipinski definition) is 2. The van der Waals surface area contributed by atoms with Crippen molar-refractivity contribution >= 4 is 17.4 Å². The summed E-state index contributed by atoms with van der Waals surface area (Å²) in [7, 11) is 0. The Morgan fingerprint density at radius 2 is 2.39 bits per heavy atom. The summed E-state index contributed by atoms with van der Waals surface area (Å²) >= 11 is 5.74. The van der Waals surface area contributed by atoms with Crippen molar-refractivity contribution in [1.82, 2.24) is 4.90 Å². The third-order valence-corrected chi connectivity index (χ3v) is 3.52. The lowest BCUT2D eigenvalue weighted by molar-refractivity contribution is 0.272. The van der Waals surface area contributed by atoms with E-state index in [0.717, 1.165) is 19.4 Å². The van der Waals surface area contributed by atoms with E-state index in [9.17, 15) is 4.39 Å². The molecule has 2 rings (SSSR count). The number of hydrogen-bond acceptors (Lipinski definition) is 3. The highest BCUT2D eigenvalue weighted by Gasteiger charge is 2.28. The highest BCUT2D eigenvalue weighted by molar-refractivity contribution is 6.30. The predicted molar refractivity (Wildman–Crippen MR) is 68.3 cm³/mol. The zero-order valence-electron chi connectivity index (χ0n) is 9.81. The van der Waals surface area contributed by atoms with E-state index in [0.29, 0.717) is 12.1 Å². The molecule has 1 aliphatic heterocycles. The number of nitrogens with two attached hydrogens (primary N) is 1. The van der Waals surface area contributed by atoms with Crippen molar-refractivity contribution in [3.8, 4) is 0 Å². The van der Waals surface area contributed by atoms with Gasteiger partial charge in [-0.3, -0.25) is 4.90 Å². The topological polar surface area (TPSA) is 61.9 Å². The number of benzene rings is 1. The molecule has 1 aliphatic rings. The van der Waals surface area contributed by atoms with Gasteiger partial charge in [-0.15, -0.1) is 0 Å². The smallest absolute Gasteiger partial charge is 0.156 e. The lowest BCUT2D eigenvalue weighted by Crippen LogP contribution is -2.40. The summed E-state index contributed by atoms with van der Waals surface area (Å²) in [6.07, 6.45) is 1.77. The molecule has 0 aromatic heterocycles. The van der Waals surface area contributed by atoms with Crippen LogP contribution in [-0.4, -0.2) is 28.5 Å². The monoisotopic (exact) mass is 271 g/mol. The Bertz CT molecular complexity index is 467. The van der Waals surface area contributed by atoms with Gasteiger partial charge in [0.1, 0.15) is 5.82 Å². The molecular formula is C12H15ClFN3O. The number of nitrogens with zero attached hydrogens (tertiary/aromatic N) is 2. The predicted octanol–water partition coefficient (Wildman–Crippen LogP) is 2.19. The van der Waals surface area contributed by atoms with E-state index >= 15 is 0 Å². The molecule has 4 nitrogen and oxygen atoms in total. The number of halogens is 2. The quantitative estimate of drug-likeness (QED) is 0.383. The molecule has 3 N–H and O–H groups in total. The number of rotatable bonds is 3. The van der Waals surface area contributed by atoms with Gasteiger partial charge in [0, 0.05) is 12.1 Å². The summed E-state index contributed by atoms with van der Waals surface area (Å²) in [4.78, 5) is 1.99. The minimum absolute atomic E-state index is 0.118. The van der Waals surface area contributed by atoms with Crippen LogP contribution in [0, 0.1) is 5.82 Å². The maximum atomic E-state index is 13.8. The van der Waals surface area contributed by atoms with E-state index in [1.165, 1.54) is 6.07 Å². The van der Waals surface area contributed by atoms with Crippen molar-refractivity contribution < 1.29 is 9.60 Å². The van der Waals surface area contributed by atoms with E-state index in [2.05, 4.69) is 5.16 Å². The van der Waals surface area contributed by atoms with E-state index in [4.69, 9.17) is 22.5 Å². The van der Waals surface area contributed by atoms with Gasteiger partial charge in [0.2, 0.25) is 0 Å². The Balaban J connectivity index is 2.16. The Kier molecular flexibility index (Phi) is 4.04. The molecule has 18 heavy (non-hydrogen) atoms. The van der Waals surface area contributed by atoms with Crippen LogP contribution >= 0.6 is 11.6 Å². The molecule has 0 saturated carbocycles. The van der Waals surface area contributed by atoms with Gasteiger partial charge < -0.3 is 10.9 Å². The molecule has 0 amide bonds. The molecule has 1 atom stereocenters. The molecule has 1 saturated heterocycles. The second-order valence-electron chi connectivity index (χ2n) is 4.37. The Morgan fingerprint density at radius 1 is 1.61 bits per heavy atom. The molecule has 1 fully saturated rings.